The summed E-state index contributed by atoms with van der Waals surface area (Å²) in [5, 5.41) is 129. The lowest BCUT2D eigenvalue weighted by molar-refractivity contribution is 0.00232. The maximum atomic E-state index is 9.60. The summed E-state index contributed by atoms with van der Waals surface area (Å²) in [4.78, 5) is 0. The lowest BCUT2D eigenvalue weighted by Crippen LogP contribution is -2.38. The SMILES string of the molecule is CC(C)(C1CCC(O)CC1)C1CCC(O)CC1.COCCO.Cc1ccc(CO)cc1.OCC1CC2C3CC(CO)C(C3)C2C1.OCC1CCC(CO)CC1.OCCCCCCO.OCCCCCO.OCCCCO.OCCOc1ccccc1. The van der Waals surface area contributed by atoms with Crippen molar-refractivity contribution in [3.05, 3.63) is 65.7 Å². The molecule has 86 heavy (non-hydrogen) atoms. The van der Waals surface area contributed by atoms with E-state index >= 15 is 0 Å². The van der Waals surface area contributed by atoms with Gasteiger partial charge in [0.05, 0.1) is 38.6 Å². The Labute approximate surface area is 519 Å². The molecule has 0 heterocycles. The Hall–Kier alpha value is -2.40. The summed E-state index contributed by atoms with van der Waals surface area (Å²) in [7, 11) is 1.55. The Kier molecular flexibility index (Phi) is 53.9. The summed E-state index contributed by atoms with van der Waals surface area (Å²) in [5.74, 6) is 7.99. The van der Waals surface area contributed by atoms with Gasteiger partial charge in [-0.05, 0) is 237 Å². The average Bonchev–Trinajstić information content (AvgIpc) is 2.00. The van der Waals surface area contributed by atoms with E-state index in [2.05, 4.69) is 18.6 Å². The van der Waals surface area contributed by atoms with Gasteiger partial charge >= 0.3 is 0 Å². The minimum atomic E-state index is -0.0461. The third kappa shape index (κ3) is 38.3. The molecule has 0 saturated heterocycles. The van der Waals surface area contributed by atoms with Gasteiger partial charge in [-0.25, -0.2) is 0 Å². The smallest absolute Gasteiger partial charge is 0.119 e. The number of para-hydroxylation sites is 1. The Morgan fingerprint density at radius 3 is 1.17 bits per heavy atom. The molecular weight excluding hydrogens is 1100 g/mol. The second kappa shape index (κ2) is 55.4. The normalized spacial score (nSPS) is 25.8. The van der Waals surface area contributed by atoms with E-state index in [0.29, 0.717) is 68.7 Å². The Bertz CT molecular complexity index is 1650. The lowest BCUT2D eigenvalue weighted by Gasteiger charge is -2.46. The number of aryl methyl sites for hydroxylation is 1. The average molecular weight is 1230 g/mol. The molecule has 0 radical (unpaired) electrons. The molecule has 6 saturated carbocycles. The summed E-state index contributed by atoms with van der Waals surface area (Å²) in [6.45, 7) is 10.9. The monoisotopic (exact) mass is 1230 g/mol. The molecule has 0 aromatic heterocycles. The molecule has 17 heteroatoms. The first-order valence-corrected chi connectivity index (χ1v) is 33.1. The number of fused-ring (bicyclic) bond motifs is 5. The van der Waals surface area contributed by atoms with E-state index in [4.69, 9.17) is 60.9 Å². The van der Waals surface area contributed by atoms with Crippen LogP contribution in [0.25, 0.3) is 0 Å². The van der Waals surface area contributed by atoms with Crippen LogP contribution in [0.5, 0.6) is 5.75 Å². The molecule has 17 nitrogen and oxygen atoms in total. The standard InChI is InChI=1S/C15H28O2.C12H20O2.C8H16O2.C8H10O2.C8H10O.C6H14O2.C5H12O2.C4H10O2.C3H8O2/c1-15(2,11-3-7-13(16)8-4-11)12-5-9-14(17)10-6-12;13-5-7-1-10-8-3-9(6-14)11(4-8)12(10)2-7;9-5-7-1-2-8(6-10)4-3-7;9-6-7-10-8-4-2-1-3-5-8;1-7-2-4-8(6-9)5-3-7;7-5-3-1-2-4-6-8;6-4-2-1-3-5-7;5-3-1-2-4-6;1-5-3-2-4/h11-14,16-17H,3-10H2,1-2H3;7-14H,1-6H2;7-10H,1-6H2;1-5,9H,6-7H2;2-5,9H,6H2,1H3;7-8H,1-6H2;6-7H,1-5H2;5-6H,1-4H2;4H,2-3H2,1H3. The Morgan fingerprint density at radius 1 is 0.407 bits per heavy atom. The van der Waals surface area contributed by atoms with E-state index < -0.39 is 0 Å². The predicted molar refractivity (Wildman–Crippen MR) is 342 cm³/mol. The van der Waals surface area contributed by atoms with Crippen molar-refractivity contribution in [1.82, 2.24) is 0 Å². The van der Waals surface area contributed by atoms with Gasteiger partial charge in [0.2, 0.25) is 0 Å². The zero-order chi connectivity index (χ0) is 64.2. The van der Waals surface area contributed by atoms with Crippen LogP contribution in [-0.2, 0) is 11.3 Å². The van der Waals surface area contributed by atoms with E-state index in [1.165, 1.54) is 56.9 Å². The minimum absolute atomic E-state index is 0.0461. The van der Waals surface area contributed by atoms with Crippen molar-refractivity contribution in [2.75, 3.05) is 99.6 Å². The van der Waals surface area contributed by atoms with E-state index in [1.54, 1.807) is 7.11 Å². The van der Waals surface area contributed by atoms with Crippen LogP contribution in [0.4, 0.5) is 0 Å². The highest BCUT2D eigenvalue weighted by Gasteiger charge is 2.55. The maximum absolute atomic E-state index is 9.60. The molecule has 6 unspecified atom stereocenters. The minimum Gasteiger partial charge on any atom is -0.491 e. The van der Waals surface area contributed by atoms with Crippen LogP contribution in [0.1, 0.15) is 185 Å². The molecule has 506 valence electrons. The van der Waals surface area contributed by atoms with Crippen molar-refractivity contribution >= 4 is 0 Å². The quantitative estimate of drug-likeness (QED) is 0.0447. The number of benzene rings is 2. The van der Waals surface area contributed by atoms with Crippen LogP contribution >= 0.6 is 0 Å². The van der Waals surface area contributed by atoms with E-state index in [0.717, 1.165) is 156 Å². The molecule has 2 bridgehead atoms. The summed E-state index contributed by atoms with van der Waals surface area (Å²) >= 11 is 0. The van der Waals surface area contributed by atoms with Crippen LogP contribution in [0.2, 0.25) is 0 Å². The van der Waals surface area contributed by atoms with Gasteiger partial charge in [-0.1, -0.05) is 74.7 Å². The molecule has 2 aromatic rings. The molecular formula is C69H128O17. The maximum Gasteiger partial charge on any atom is 0.119 e. The number of unbranched alkanes of at least 4 members (excludes halogenated alkanes) is 6. The highest BCUT2D eigenvalue weighted by molar-refractivity contribution is 5.21. The van der Waals surface area contributed by atoms with Gasteiger partial charge in [0, 0.05) is 73.2 Å². The van der Waals surface area contributed by atoms with Gasteiger partial charge in [0.15, 0.2) is 0 Å². The topological polar surface area (TPSA) is 322 Å². The Morgan fingerprint density at radius 2 is 0.814 bits per heavy atom. The highest BCUT2D eigenvalue weighted by Crippen LogP contribution is 2.62. The van der Waals surface area contributed by atoms with Crippen molar-refractivity contribution in [1.29, 1.82) is 0 Å². The molecule has 6 aliphatic carbocycles. The van der Waals surface area contributed by atoms with Crippen LogP contribution in [0.3, 0.4) is 0 Å². The first-order chi connectivity index (χ1) is 41.6. The van der Waals surface area contributed by atoms with Gasteiger partial charge in [-0.3, -0.25) is 0 Å². The first kappa shape index (κ1) is 83.6. The van der Waals surface area contributed by atoms with E-state index in [-0.39, 0.29) is 71.7 Å². The number of aliphatic hydroxyl groups is 15. The number of methoxy groups -OCH3 is 1. The number of aliphatic hydroxyl groups excluding tert-OH is 15. The van der Waals surface area contributed by atoms with Gasteiger partial charge < -0.3 is 86.1 Å². The summed E-state index contributed by atoms with van der Waals surface area (Å²) < 4.78 is 9.55. The fourth-order valence-corrected chi connectivity index (χ4v) is 12.9. The summed E-state index contributed by atoms with van der Waals surface area (Å²) in [6.07, 6.45) is 26.0. The first-order valence-electron chi connectivity index (χ1n) is 33.1. The molecule has 6 fully saturated rings. The molecule has 2 aromatic carbocycles. The second-order valence-electron chi connectivity index (χ2n) is 25.0. The van der Waals surface area contributed by atoms with E-state index in [1.807, 2.05) is 61.5 Å². The number of hydrogen-bond donors (Lipinski definition) is 15. The van der Waals surface area contributed by atoms with Gasteiger partial charge in [-0.2, -0.15) is 0 Å². The fourth-order valence-electron chi connectivity index (χ4n) is 12.9. The number of hydrogen-bond acceptors (Lipinski definition) is 17. The van der Waals surface area contributed by atoms with Crippen LogP contribution in [0.15, 0.2) is 54.6 Å². The van der Waals surface area contributed by atoms with Gasteiger partial charge in [0.25, 0.3) is 0 Å². The Balaban J connectivity index is 0.000000970. The molecule has 0 aliphatic heterocycles. The molecule has 0 amide bonds. The van der Waals surface area contributed by atoms with Gasteiger partial charge in [-0.15, -0.1) is 0 Å². The highest BCUT2D eigenvalue weighted by atomic mass is 16.5. The molecule has 6 aliphatic rings. The lowest BCUT2D eigenvalue weighted by atomic mass is 9.60. The molecule has 0 spiro atoms. The zero-order valence-electron chi connectivity index (χ0n) is 53.9. The zero-order valence-corrected chi connectivity index (χ0v) is 53.9. The van der Waals surface area contributed by atoms with E-state index in [9.17, 15) is 20.4 Å². The number of ether oxygens (including phenoxy) is 2. The molecule has 15 N–H and O–H groups in total. The summed E-state index contributed by atoms with van der Waals surface area (Å²) in [6, 6.07) is 17.3. The van der Waals surface area contributed by atoms with Crippen LogP contribution < -0.4 is 4.74 Å². The molecule has 8 rings (SSSR count). The number of rotatable bonds is 24. The predicted octanol–water partition coefficient (Wildman–Crippen LogP) is 7.76. The van der Waals surface area contributed by atoms with Crippen molar-refractivity contribution in [3.63, 3.8) is 0 Å². The van der Waals surface area contributed by atoms with Crippen molar-refractivity contribution in [2.45, 2.75) is 200 Å². The molecule has 6 atom stereocenters. The van der Waals surface area contributed by atoms with Crippen molar-refractivity contribution in [2.24, 2.45) is 64.6 Å². The van der Waals surface area contributed by atoms with Crippen molar-refractivity contribution < 1.29 is 86.1 Å². The third-order valence-corrected chi connectivity index (χ3v) is 18.3. The van der Waals surface area contributed by atoms with Crippen molar-refractivity contribution in [3.8, 4) is 5.75 Å². The second-order valence-corrected chi connectivity index (χ2v) is 25.0. The summed E-state index contributed by atoms with van der Waals surface area (Å²) in [5.41, 5.74) is 2.59. The fraction of sp³-hybridized carbons (Fsp3) is 0.826. The van der Waals surface area contributed by atoms with Gasteiger partial charge in [0.1, 0.15) is 12.4 Å². The largest absolute Gasteiger partial charge is 0.491 e. The third-order valence-electron chi connectivity index (χ3n) is 18.3. The van der Waals surface area contributed by atoms with Crippen LogP contribution in [-0.4, -0.2) is 188 Å². The van der Waals surface area contributed by atoms with Crippen LogP contribution in [0, 0.1) is 71.5 Å².